The Bertz CT molecular complexity index is 1460. The number of nitrogens with zero attached hydrogens (tertiary/aromatic N) is 3. The lowest BCUT2D eigenvalue weighted by molar-refractivity contribution is -0.121. The van der Waals surface area contributed by atoms with Crippen LogP contribution in [0.5, 0.6) is 5.75 Å². The molecule has 0 aliphatic carbocycles. The van der Waals surface area contributed by atoms with Crippen LogP contribution in [-0.4, -0.2) is 46.4 Å². The highest BCUT2D eigenvalue weighted by Gasteiger charge is 2.22. The van der Waals surface area contributed by atoms with Crippen molar-refractivity contribution < 1.29 is 9.53 Å². The second kappa shape index (κ2) is 10.1. The van der Waals surface area contributed by atoms with E-state index in [9.17, 15) is 4.79 Å². The van der Waals surface area contributed by atoms with Crippen LogP contribution >= 0.6 is 11.6 Å². The smallest absolute Gasteiger partial charge is 0.223 e. The van der Waals surface area contributed by atoms with Crippen molar-refractivity contribution in [3.05, 3.63) is 82.5 Å². The Morgan fingerprint density at radius 1 is 1.05 bits per heavy atom. The number of carbonyl (C=O) groups is 1. The van der Waals surface area contributed by atoms with Crippen LogP contribution in [0, 0.1) is 6.92 Å². The van der Waals surface area contributed by atoms with Crippen LogP contribution < -0.4 is 10.1 Å². The first-order valence-corrected chi connectivity index (χ1v) is 13.2. The van der Waals surface area contributed by atoms with Gasteiger partial charge in [0.05, 0.1) is 11.2 Å². The average Bonchev–Trinajstić information content (AvgIpc) is 2.91. The van der Waals surface area contributed by atoms with Gasteiger partial charge in [-0.3, -0.25) is 9.69 Å². The van der Waals surface area contributed by atoms with Gasteiger partial charge in [0.2, 0.25) is 5.95 Å². The van der Waals surface area contributed by atoms with E-state index in [1.807, 2.05) is 43.3 Å². The van der Waals surface area contributed by atoms with E-state index >= 15 is 0 Å². The van der Waals surface area contributed by atoms with Crippen LogP contribution in [0.15, 0.2) is 60.7 Å². The number of likely N-dealkylation sites (tertiary alicyclic amines) is 1. The van der Waals surface area contributed by atoms with Crippen molar-refractivity contribution in [3.63, 3.8) is 0 Å². The Labute approximate surface area is 221 Å². The summed E-state index contributed by atoms with van der Waals surface area (Å²) in [7, 11) is 0. The number of Topliss-reactive ketones (excluding diaryl/α,β-unsaturated/α-hetero) is 1. The summed E-state index contributed by atoms with van der Waals surface area (Å²) >= 11 is 6.01. The van der Waals surface area contributed by atoms with Crippen LogP contribution in [0.3, 0.4) is 0 Å². The van der Waals surface area contributed by atoms with E-state index in [1.165, 1.54) is 5.56 Å². The molecular formula is C30H29ClN4O2. The summed E-state index contributed by atoms with van der Waals surface area (Å²) in [6.45, 7) is 5.19. The number of benzene rings is 3. The summed E-state index contributed by atoms with van der Waals surface area (Å²) in [5.41, 5.74) is 6.17. The molecule has 0 unspecified atom stereocenters. The average molecular weight is 513 g/mol. The summed E-state index contributed by atoms with van der Waals surface area (Å²) in [6, 6.07) is 20.7. The first kappa shape index (κ1) is 23.9. The second-order valence-electron chi connectivity index (χ2n) is 9.97. The van der Waals surface area contributed by atoms with E-state index in [2.05, 4.69) is 34.5 Å². The third-order valence-corrected chi connectivity index (χ3v) is 7.59. The van der Waals surface area contributed by atoms with Gasteiger partial charge in [-0.05, 0) is 66.8 Å². The number of halogens is 1. The zero-order valence-corrected chi connectivity index (χ0v) is 21.6. The van der Waals surface area contributed by atoms with Gasteiger partial charge in [-0.25, -0.2) is 9.97 Å². The number of anilines is 1. The third-order valence-electron chi connectivity index (χ3n) is 7.33. The maximum Gasteiger partial charge on any atom is 0.223 e. The first-order chi connectivity index (χ1) is 18.0. The number of ether oxygens (including phenoxy) is 1. The molecule has 0 saturated carbocycles. The van der Waals surface area contributed by atoms with Crippen LogP contribution in [0.25, 0.3) is 22.0 Å². The predicted octanol–water partition coefficient (Wildman–Crippen LogP) is 5.84. The van der Waals surface area contributed by atoms with Gasteiger partial charge in [0.15, 0.2) is 5.78 Å². The van der Waals surface area contributed by atoms with Gasteiger partial charge < -0.3 is 10.1 Å². The van der Waals surface area contributed by atoms with Crippen molar-refractivity contribution in [1.29, 1.82) is 0 Å². The van der Waals surface area contributed by atoms with E-state index in [0.29, 0.717) is 18.4 Å². The molecule has 4 aromatic rings. The van der Waals surface area contributed by atoms with Gasteiger partial charge in [-0.2, -0.15) is 0 Å². The molecule has 2 aliphatic rings. The molecule has 0 spiro atoms. The summed E-state index contributed by atoms with van der Waals surface area (Å²) < 4.78 is 5.65. The lowest BCUT2D eigenvalue weighted by atomic mass is 9.93. The fraction of sp³-hybridized carbons (Fsp3) is 0.300. The molecule has 3 aromatic carbocycles. The Hall–Kier alpha value is -3.48. The van der Waals surface area contributed by atoms with Gasteiger partial charge in [0.1, 0.15) is 12.4 Å². The zero-order chi connectivity index (χ0) is 25.4. The molecule has 6 nitrogen and oxygen atoms in total. The van der Waals surface area contributed by atoms with E-state index in [1.54, 1.807) is 0 Å². The van der Waals surface area contributed by atoms with Crippen LogP contribution in [-0.2, 0) is 17.8 Å². The second-order valence-corrected chi connectivity index (χ2v) is 10.4. The van der Waals surface area contributed by atoms with Crippen molar-refractivity contribution in [2.24, 2.45) is 0 Å². The van der Waals surface area contributed by atoms with Crippen molar-refractivity contribution in [1.82, 2.24) is 14.9 Å². The molecule has 1 fully saturated rings. The van der Waals surface area contributed by atoms with Crippen molar-refractivity contribution in [2.75, 3.05) is 25.0 Å². The number of aromatic nitrogens is 2. The molecule has 188 valence electrons. The minimum Gasteiger partial charge on any atom is -0.486 e. The molecule has 0 bridgehead atoms. The van der Waals surface area contributed by atoms with Crippen molar-refractivity contribution in [2.45, 2.75) is 38.8 Å². The predicted molar refractivity (Wildman–Crippen MR) is 147 cm³/mol. The molecule has 1 saturated heterocycles. The minimum absolute atomic E-state index is 0.104. The van der Waals surface area contributed by atoms with Crippen LogP contribution in [0.2, 0.25) is 5.02 Å². The number of carbonyl (C=O) groups excluding carboxylic acids is 1. The van der Waals surface area contributed by atoms with Crippen LogP contribution in [0.4, 0.5) is 5.95 Å². The van der Waals surface area contributed by atoms with Gasteiger partial charge >= 0.3 is 0 Å². The number of rotatable bonds is 5. The molecule has 7 heteroatoms. The van der Waals surface area contributed by atoms with E-state index < -0.39 is 0 Å². The van der Waals surface area contributed by atoms with Gasteiger partial charge in [0, 0.05) is 48.1 Å². The highest BCUT2D eigenvalue weighted by molar-refractivity contribution is 6.30. The molecular weight excluding hydrogens is 484 g/mol. The first-order valence-electron chi connectivity index (χ1n) is 12.8. The number of piperidine rings is 1. The SMILES string of the molecule is Cc1nc(NC2CCN(Cc3ccc(Cl)cc3)CC2)nc2ccc(-c3cccc4c3CC(=O)CO4)cc12. The van der Waals surface area contributed by atoms with Crippen molar-refractivity contribution >= 4 is 34.2 Å². The molecule has 2 aliphatic heterocycles. The van der Waals surface area contributed by atoms with Gasteiger partial charge in [-0.1, -0.05) is 41.9 Å². The van der Waals surface area contributed by atoms with E-state index in [-0.39, 0.29) is 12.4 Å². The Balaban J connectivity index is 1.16. The number of hydrogen-bond donors (Lipinski definition) is 1. The standard InChI is InChI=1S/C30H29ClN4O2/c1-19-26-15-21(25-3-2-4-29-27(25)16-24(36)18-37-29)7-10-28(26)34-30(32-19)33-23-11-13-35(14-12-23)17-20-5-8-22(31)9-6-20/h2-10,15,23H,11-14,16-18H2,1H3,(H,32,33,34). The van der Waals surface area contributed by atoms with Gasteiger partial charge in [-0.15, -0.1) is 0 Å². The third kappa shape index (κ3) is 5.17. The molecule has 3 heterocycles. The number of hydrogen-bond acceptors (Lipinski definition) is 6. The largest absolute Gasteiger partial charge is 0.486 e. The molecule has 0 amide bonds. The quantitative estimate of drug-likeness (QED) is 0.362. The van der Waals surface area contributed by atoms with Gasteiger partial charge in [0.25, 0.3) is 0 Å². The molecule has 1 aromatic heterocycles. The van der Waals surface area contributed by atoms with E-state index in [0.717, 1.165) is 76.5 Å². The summed E-state index contributed by atoms with van der Waals surface area (Å²) in [5, 5.41) is 5.37. The maximum absolute atomic E-state index is 12.0. The Kier molecular flexibility index (Phi) is 6.53. The molecule has 0 radical (unpaired) electrons. The summed E-state index contributed by atoms with van der Waals surface area (Å²) in [6.07, 6.45) is 2.50. The molecule has 0 atom stereocenters. The van der Waals surface area contributed by atoms with Crippen molar-refractivity contribution in [3.8, 4) is 16.9 Å². The summed E-state index contributed by atoms with van der Waals surface area (Å²) in [5.74, 6) is 1.58. The lowest BCUT2D eigenvalue weighted by Crippen LogP contribution is -2.39. The lowest BCUT2D eigenvalue weighted by Gasteiger charge is -2.32. The maximum atomic E-state index is 12.0. The Morgan fingerprint density at radius 2 is 1.86 bits per heavy atom. The summed E-state index contributed by atoms with van der Waals surface area (Å²) in [4.78, 5) is 24.1. The minimum atomic E-state index is 0.104. The fourth-order valence-corrected chi connectivity index (χ4v) is 5.47. The number of nitrogens with one attached hydrogen (secondary N) is 1. The number of ketones is 1. The molecule has 1 N–H and O–H groups in total. The zero-order valence-electron chi connectivity index (χ0n) is 20.8. The van der Waals surface area contributed by atoms with Crippen LogP contribution in [0.1, 0.15) is 29.7 Å². The molecule has 37 heavy (non-hydrogen) atoms. The topological polar surface area (TPSA) is 67.4 Å². The number of aryl methyl sites for hydroxylation is 1. The highest BCUT2D eigenvalue weighted by atomic mass is 35.5. The monoisotopic (exact) mass is 512 g/mol. The van der Waals surface area contributed by atoms with E-state index in [4.69, 9.17) is 26.3 Å². The highest BCUT2D eigenvalue weighted by Crippen LogP contribution is 2.35. The fourth-order valence-electron chi connectivity index (χ4n) is 5.34. The normalized spacial score (nSPS) is 16.4. The Morgan fingerprint density at radius 3 is 2.68 bits per heavy atom. The molecule has 6 rings (SSSR count). The number of fused-ring (bicyclic) bond motifs is 2.